The quantitative estimate of drug-likeness (QED) is 0.476. The van der Waals surface area contributed by atoms with Crippen LogP contribution in [0.4, 0.5) is 0 Å². The molecule has 0 rings (SSSR count). The summed E-state index contributed by atoms with van der Waals surface area (Å²) in [5, 5.41) is 9.19. The number of carbonyl (C=O) groups is 2. The average Bonchev–Trinajstić information content (AvgIpc) is 2.50. The third-order valence-corrected chi connectivity index (χ3v) is 4.14. The number of hydrogen-bond acceptors (Lipinski definition) is 2. The molecule has 1 atom stereocenters. The third kappa shape index (κ3) is 9.80. The van der Waals surface area contributed by atoms with Crippen LogP contribution in [0.2, 0.25) is 0 Å². The summed E-state index contributed by atoms with van der Waals surface area (Å²) in [7, 11) is 0. The van der Waals surface area contributed by atoms with Crippen molar-refractivity contribution in [3.8, 4) is 0 Å². The highest BCUT2D eigenvalue weighted by Gasteiger charge is 2.24. The van der Waals surface area contributed by atoms with Gasteiger partial charge in [-0.2, -0.15) is 0 Å². The summed E-state index contributed by atoms with van der Waals surface area (Å²) in [6.07, 6.45) is 11.5. The minimum absolute atomic E-state index is 0.000406. The fourth-order valence-electron chi connectivity index (χ4n) is 2.58. The van der Waals surface area contributed by atoms with Crippen molar-refractivity contribution in [2.24, 2.45) is 0 Å². The van der Waals surface area contributed by atoms with Crippen LogP contribution in [0.1, 0.15) is 91.4 Å². The molecule has 4 heteroatoms. The highest BCUT2D eigenvalue weighted by Crippen LogP contribution is 2.12. The Labute approximate surface area is 136 Å². The Kier molecular flexibility index (Phi) is 12.9. The topological polar surface area (TPSA) is 57.6 Å². The van der Waals surface area contributed by atoms with Gasteiger partial charge in [-0.15, -0.1) is 0 Å². The van der Waals surface area contributed by atoms with Crippen molar-refractivity contribution in [2.75, 3.05) is 6.54 Å². The molecule has 0 unspecified atom stereocenters. The third-order valence-electron chi connectivity index (χ3n) is 4.14. The standard InChI is InChI=1S/C18H35NO3/c1-4-6-8-10-11-13-15-19(16(3)18(21)22)17(20)14-12-9-7-5-2/h16H,4-15H2,1-3H3,(H,21,22)/t16-/m0/s1. The van der Waals surface area contributed by atoms with Crippen LogP contribution in [-0.4, -0.2) is 34.5 Å². The Morgan fingerprint density at radius 3 is 1.91 bits per heavy atom. The van der Waals surface area contributed by atoms with E-state index in [-0.39, 0.29) is 5.91 Å². The molecule has 0 aromatic carbocycles. The van der Waals surface area contributed by atoms with E-state index in [0.717, 1.165) is 38.5 Å². The first-order valence-corrected chi connectivity index (χ1v) is 9.06. The highest BCUT2D eigenvalue weighted by atomic mass is 16.4. The van der Waals surface area contributed by atoms with Crippen molar-refractivity contribution in [1.29, 1.82) is 0 Å². The van der Waals surface area contributed by atoms with Crippen LogP contribution in [0.15, 0.2) is 0 Å². The van der Waals surface area contributed by atoms with E-state index in [4.69, 9.17) is 0 Å². The first-order valence-electron chi connectivity index (χ1n) is 9.06. The number of nitrogens with zero attached hydrogens (tertiary/aromatic N) is 1. The number of hydrogen-bond donors (Lipinski definition) is 1. The zero-order chi connectivity index (χ0) is 16.8. The van der Waals surface area contributed by atoms with Gasteiger partial charge in [-0.3, -0.25) is 4.79 Å². The Morgan fingerprint density at radius 1 is 0.864 bits per heavy atom. The molecule has 130 valence electrons. The maximum atomic E-state index is 12.3. The van der Waals surface area contributed by atoms with Gasteiger partial charge in [0.2, 0.25) is 5.91 Å². The van der Waals surface area contributed by atoms with E-state index in [2.05, 4.69) is 13.8 Å². The molecule has 0 bridgehead atoms. The predicted molar refractivity (Wildman–Crippen MR) is 90.9 cm³/mol. The van der Waals surface area contributed by atoms with Crippen LogP contribution >= 0.6 is 0 Å². The fourth-order valence-corrected chi connectivity index (χ4v) is 2.58. The van der Waals surface area contributed by atoms with Gasteiger partial charge in [-0.05, 0) is 19.8 Å². The van der Waals surface area contributed by atoms with E-state index in [9.17, 15) is 14.7 Å². The monoisotopic (exact) mass is 313 g/mol. The minimum atomic E-state index is -0.909. The lowest BCUT2D eigenvalue weighted by Gasteiger charge is -2.26. The molecule has 22 heavy (non-hydrogen) atoms. The van der Waals surface area contributed by atoms with Gasteiger partial charge in [0.05, 0.1) is 0 Å². The second-order valence-electron chi connectivity index (χ2n) is 6.18. The van der Waals surface area contributed by atoms with E-state index in [1.165, 1.54) is 25.7 Å². The summed E-state index contributed by atoms with van der Waals surface area (Å²) < 4.78 is 0. The molecular weight excluding hydrogens is 278 g/mol. The Balaban J connectivity index is 4.19. The number of carboxylic acid groups (broad SMARTS) is 1. The number of rotatable bonds is 14. The largest absolute Gasteiger partial charge is 0.480 e. The second kappa shape index (κ2) is 13.6. The molecule has 1 N–H and O–H groups in total. The van der Waals surface area contributed by atoms with Crippen molar-refractivity contribution in [1.82, 2.24) is 4.90 Å². The molecule has 0 aromatic rings. The van der Waals surface area contributed by atoms with Gasteiger partial charge in [0.15, 0.2) is 0 Å². The van der Waals surface area contributed by atoms with Gasteiger partial charge in [-0.1, -0.05) is 65.2 Å². The number of carbonyl (C=O) groups excluding carboxylic acids is 1. The van der Waals surface area contributed by atoms with E-state index >= 15 is 0 Å². The van der Waals surface area contributed by atoms with Gasteiger partial charge in [-0.25, -0.2) is 4.79 Å². The van der Waals surface area contributed by atoms with Gasteiger partial charge in [0, 0.05) is 13.0 Å². The molecule has 0 fully saturated rings. The first kappa shape index (κ1) is 20.9. The molecular formula is C18H35NO3. The average molecular weight is 313 g/mol. The van der Waals surface area contributed by atoms with Crippen molar-refractivity contribution in [3.05, 3.63) is 0 Å². The molecule has 0 aliphatic rings. The number of amides is 1. The molecule has 1 amide bonds. The van der Waals surface area contributed by atoms with Crippen molar-refractivity contribution >= 4 is 11.9 Å². The maximum Gasteiger partial charge on any atom is 0.326 e. The first-order chi connectivity index (χ1) is 10.5. The lowest BCUT2D eigenvalue weighted by Crippen LogP contribution is -2.43. The van der Waals surface area contributed by atoms with Gasteiger partial charge >= 0.3 is 5.97 Å². The number of carboxylic acids is 1. The normalized spacial score (nSPS) is 12.1. The zero-order valence-corrected chi connectivity index (χ0v) is 14.8. The lowest BCUT2D eigenvalue weighted by molar-refractivity contribution is -0.149. The zero-order valence-electron chi connectivity index (χ0n) is 14.8. The molecule has 0 aliphatic heterocycles. The van der Waals surface area contributed by atoms with E-state index in [0.29, 0.717) is 13.0 Å². The van der Waals surface area contributed by atoms with Crippen LogP contribution in [0.25, 0.3) is 0 Å². The Morgan fingerprint density at radius 2 is 1.36 bits per heavy atom. The highest BCUT2D eigenvalue weighted by molar-refractivity contribution is 5.83. The van der Waals surface area contributed by atoms with Crippen LogP contribution in [-0.2, 0) is 9.59 Å². The summed E-state index contributed by atoms with van der Waals surface area (Å²) in [5.74, 6) is -0.910. The predicted octanol–water partition coefficient (Wildman–Crippen LogP) is 4.62. The lowest BCUT2D eigenvalue weighted by atomic mass is 10.1. The van der Waals surface area contributed by atoms with Crippen LogP contribution in [0.3, 0.4) is 0 Å². The van der Waals surface area contributed by atoms with Crippen molar-refractivity contribution in [2.45, 2.75) is 97.4 Å². The van der Waals surface area contributed by atoms with Crippen molar-refractivity contribution < 1.29 is 14.7 Å². The van der Waals surface area contributed by atoms with Gasteiger partial charge in [0.1, 0.15) is 6.04 Å². The molecule has 0 saturated carbocycles. The minimum Gasteiger partial charge on any atom is -0.480 e. The Bertz CT molecular complexity index is 305. The summed E-state index contributed by atoms with van der Waals surface area (Å²) in [5.41, 5.74) is 0. The SMILES string of the molecule is CCCCCCCCN(C(=O)CCCCCC)[C@@H](C)C(=O)O. The molecule has 0 aliphatic carbocycles. The smallest absolute Gasteiger partial charge is 0.326 e. The van der Waals surface area contributed by atoms with Crippen LogP contribution in [0, 0.1) is 0 Å². The van der Waals surface area contributed by atoms with Crippen LogP contribution < -0.4 is 0 Å². The van der Waals surface area contributed by atoms with Crippen LogP contribution in [0.5, 0.6) is 0 Å². The number of unbranched alkanes of at least 4 members (excludes halogenated alkanes) is 8. The molecule has 4 nitrogen and oxygen atoms in total. The van der Waals surface area contributed by atoms with Crippen molar-refractivity contribution in [3.63, 3.8) is 0 Å². The van der Waals surface area contributed by atoms with Gasteiger partial charge in [0.25, 0.3) is 0 Å². The fraction of sp³-hybridized carbons (Fsp3) is 0.889. The van der Waals surface area contributed by atoms with E-state index < -0.39 is 12.0 Å². The second-order valence-corrected chi connectivity index (χ2v) is 6.18. The summed E-state index contributed by atoms with van der Waals surface area (Å²) >= 11 is 0. The Hall–Kier alpha value is -1.06. The number of aliphatic carboxylic acids is 1. The summed E-state index contributed by atoms with van der Waals surface area (Å²) in [6.45, 7) is 6.52. The molecule has 0 saturated heterocycles. The molecule has 0 heterocycles. The van der Waals surface area contributed by atoms with E-state index in [1.54, 1.807) is 11.8 Å². The molecule has 0 spiro atoms. The van der Waals surface area contributed by atoms with Gasteiger partial charge < -0.3 is 10.0 Å². The summed E-state index contributed by atoms with van der Waals surface area (Å²) in [4.78, 5) is 25.0. The maximum absolute atomic E-state index is 12.3. The molecule has 0 radical (unpaired) electrons. The van der Waals surface area contributed by atoms with E-state index in [1.807, 2.05) is 0 Å². The summed E-state index contributed by atoms with van der Waals surface area (Å²) in [6, 6.07) is -0.714. The molecule has 0 aromatic heterocycles.